The van der Waals surface area contributed by atoms with Crippen molar-refractivity contribution in [2.24, 2.45) is 5.84 Å². The van der Waals surface area contributed by atoms with Crippen LogP contribution in [0, 0.1) is 0 Å². The molecule has 0 aromatic carbocycles. The second kappa shape index (κ2) is 3.77. The van der Waals surface area contributed by atoms with Crippen LogP contribution < -0.4 is 16.0 Å². The van der Waals surface area contributed by atoms with Crippen LogP contribution >= 0.6 is 0 Å². The third kappa shape index (κ3) is 2.27. The van der Waals surface area contributed by atoms with E-state index in [4.69, 9.17) is 5.84 Å². The van der Waals surface area contributed by atoms with Crippen LogP contribution in [0.1, 0.15) is 0 Å². The summed E-state index contributed by atoms with van der Waals surface area (Å²) in [5.41, 5.74) is 2.19. The Kier molecular flexibility index (Phi) is 2.70. The van der Waals surface area contributed by atoms with Crippen LogP contribution in [0.4, 0.5) is 14.6 Å². The van der Waals surface area contributed by atoms with Gasteiger partial charge in [0.25, 0.3) is 0 Å². The van der Waals surface area contributed by atoms with E-state index in [1.54, 1.807) is 0 Å². The molecule has 1 heterocycles. The fourth-order valence-corrected chi connectivity index (χ4v) is 0.543. The van der Waals surface area contributed by atoms with Gasteiger partial charge in [-0.15, -0.1) is 0 Å². The molecular weight excluding hydrogens is 170 g/mol. The molecule has 0 bridgehead atoms. The van der Waals surface area contributed by atoms with Crippen LogP contribution in [0.2, 0.25) is 0 Å². The van der Waals surface area contributed by atoms with Crippen molar-refractivity contribution in [2.75, 3.05) is 5.43 Å². The lowest BCUT2D eigenvalue weighted by atomic mass is 10.6. The molecule has 12 heavy (non-hydrogen) atoms. The quantitative estimate of drug-likeness (QED) is 0.514. The van der Waals surface area contributed by atoms with E-state index >= 15 is 0 Å². The molecule has 0 saturated heterocycles. The van der Waals surface area contributed by atoms with E-state index in [9.17, 15) is 8.78 Å². The van der Waals surface area contributed by atoms with Crippen molar-refractivity contribution < 1.29 is 13.5 Å². The summed E-state index contributed by atoms with van der Waals surface area (Å²) in [5.74, 6) is 4.99. The Morgan fingerprint density at radius 2 is 2.17 bits per heavy atom. The zero-order chi connectivity index (χ0) is 8.97. The maximum absolute atomic E-state index is 11.6. The van der Waals surface area contributed by atoms with Crippen molar-refractivity contribution in [1.82, 2.24) is 9.97 Å². The molecule has 5 nitrogen and oxygen atoms in total. The van der Waals surface area contributed by atoms with Gasteiger partial charge < -0.3 is 10.2 Å². The Hall–Kier alpha value is -1.50. The van der Waals surface area contributed by atoms with Gasteiger partial charge in [0.1, 0.15) is 0 Å². The summed E-state index contributed by atoms with van der Waals surface area (Å²) in [5, 5.41) is 0. The summed E-state index contributed by atoms with van der Waals surface area (Å²) in [6.45, 7) is -2.89. The van der Waals surface area contributed by atoms with Crippen molar-refractivity contribution in [1.29, 1.82) is 0 Å². The molecule has 0 spiro atoms. The SMILES string of the molecule is NNc1cnc(OC(F)F)cn1. The van der Waals surface area contributed by atoms with Gasteiger partial charge in [0.15, 0.2) is 5.82 Å². The van der Waals surface area contributed by atoms with E-state index in [1.807, 2.05) is 0 Å². The van der Waals surface area contributed by atoms with Crippen LogP contribution in [-0.4, -0.2) is 16.6 Å². The van der Waals surface area contributed by atoms with Gasteiger partial charge in [-0.1, -0.05) is 0 Å². The van der Waals surface area contributed by atoms with Gasteiger partial charge in [-0.25, -0.2) is 15.8 Å². The number of nitrogen functional groups attached to an aromatic ring is 1. The minimum absolute atomic E-state index is 0.246. The molecule has 0 aliphatic carbocycles. The van der Waals surface area contributed by atoms with E-state index in [1.165, 1.54) is 6.20 Å². The molecule has 0 amide bonds. The first-order chi connectivity index (χ1) is 5.72. The Morgan fingerprint density at radius 1 is 1.42 bits per heavy atom. The number of nitrogens with zero attached hydrogens (tertiary/aromatic N) is 2. The van der Waals surface area contributed by atoms with Gasteiger partial charge in [0, 0.05) is 0 Å². The normalized spacial score (nSPS) is 10.0. The minimum atomic E-state index is -2.89. The fraction of sp³-hybridized carbons (Fsp3) is 0.200. The monoisotopic (exact) mass is 176 g/mol. The maximum atomic E-state index is 11.6. The van der Waals surface area contributed by atoms with Gasteiger partial charge in [0.05, 0.1) is 12.4 Å². The Labute approximate surface area is 66.5 Å². The Morgan fingerprint density at radius 3 is 2.58 bits per heavy atom. The van der Waals surface area contributed by atoms with Gasteiger partial charge in [-0.05, 0) is 0 Å². The standard InChI is InChI=1S/C5H6F2N4O/c6-5(7)12-4-2-9-3(11-8)1-10-4/h1-2,5H,8H2,(H,9,11). The second-order valence-electron chi connectivity index (χ2n) is 1.76. The predicted octanol–water partition coefficient (Wildman–Crippen LogP) is 0.364. The number of ether oxygens (including phenoxy) is 1. The maximum Gasteiger partial charge on any atom is 0.388 e. The third-order valence-electron chi connectivity index (χ3n) is 0.986. The minimum Gasteiger partial charge on any atom is -0.415 e. The summed E-state index contributed by atoms with van der Waals surface area (Å²) in [6, 6.07) is 0. The number of hydrogen-bond acceptors (Lipinski definition) is 5. The van der Waals surface area contributed by atoms with Crippen LogP contribution in [0.5, 0.6) is 5.88 Å². The molecule has 66 valence electrons. The van der Waals surface area contributed by atoms with E-state index in [-0.39, 0.29) is 11.7 Å². The van der Waals surface area contributed by atoms with Crippen molar-refractivity contribution in [3.05, 3.63) is 12.4 Å². The highest BCUT2D eigenvalue weighted by molar-refractivity contribution is 5.29. The highest BCUT2D eigenvalue weighted by atomic mass is 19.3. The summed E-state index contributed by atoms with van der Waals surface area (Å²) in [4.78, 5) is 7.08. The summed E-state index contributed by atoms with van der Waals surface area (Å²) < 4.78 is 27.1. The fourth-order valence-electron chi connectivity index (χ4n) is 0.543. The van der Waals surface area contributed by atoms with Crippen LogP contribution in [0.15, 0.2) is 12.4 Å². The molecule has 1 aromatic heterocycles. The molecule has 0 aliphatic heterocycles. The van der Waals surface area contributed by atoms with Crippen LogP contribution in [0.25, 0.3) is 0 Å². The molecule has 0 unspecified atom stereocenters. The highest BCUT2D eigenvalue weighted by Crippen LogP contribution is 2.09. The molecule has 0 fully saturated rings. The average molecular weight is 176 g/mol. The Balaban J connectivity index is 2.65. The molecule has 0 saturated carbocycles. The van der Waals surface area contributed by atoms with Gasteiger partial charge >= 0.3 is 6.61 Å². The second-order valence-corrected chi connectivity index (χ2v) is 1.76. The van der Waals surface area contributed by atoms with Crippen molar-refractivity contribution in [3.8, 4) is 5.88 Å². The van der Waals surface area contributed by atoms with Gasteiger partial charge in [-0.3, -0.25) is 0 Å². The number of alkyl halides is 2. The molecule has 1 aromatic rings. The van der Waals surface area contributed by atoms with Gasteiger partial charge in [0.2, 0.25) is 5.88 Å². The zero-order valence-corrected chi connectivity index (χ0v) is 5.87. The molecular formula is C5H6F2N4O. The number of hydrazine groups is 1. The smallest absolute Gasteiger partial charge is 0.388 e. The first-order valence-electron chi connectivity index (χ1n) is 2.96. The number of nitrogens with two attached hydrogens (primary N) is 1. The van der Waals surface area contributed by atoms with E-state index in [2.05, 4.69) is 20.1 Å². The molecule has 7 heteroatoms. The summed E-state index contributed by atoms with van der Waals surface area (Å²) in [6.07, 6.45) is 2.22. The van der Waals surface area contributed by atoms with E-state index in [0.29, 0.717) is 0 Å². The van der Waals surface area contributed by atoms with E-state index < -0.39 is 6.61 Å². The van der Waals surface area contributed by atoms with Crippen LogP contribution in [-0.2, 0) is 0 Å². The topological polar surface area (TPSA) is 73.1 Å². The number of aromatic nitrogens is 2. The lowest BCUT2D eigenvalue weighted by Gasteiger charge is -2.02. The molecule has 0 aliphatic rings. The van der Waals surface area contributed by atoms with Crippen molar-refractivity contribution >= 4 is 5.82 Å². The largest absolute Gasteiger partial charge is 0.415 e. The van der Waals surface area contributed by atoms with Gasteiger partial charge in [-0.2, -0.15) is 8.78 Å². The zero-order valence-electron chi connectivity index (χ0n) is 5.87. The molecule has 1 rings (SSSR count). The van der Waals surface area contributed by atoms with Crippen molar-refractivity contribution in [2.45, 2.75) is 6.61 Å². The van der Waals surface area contributed by atoms with E-state index in [0.717, 1.165) is 6.20 Å². The van der Waals surface area contributed by atoms with Crippen molar-refractivity contribution in [3.63, 3.8) is 0 Å². The third-order valence-corrected chi connectivity index (χ3v) is 0.986. The molecule has 0 radical (unpaired) electrons. The number of nitrogens with one attached hydrogen (secondary N) is 1. The first-order valence-corrected chi connectivity index (χ1v) is 2.96. The Bertz CT molecular complexity index is 240. The number of hydrogen-bond donors (Lipinski definition) is 2. The average Bonchev–Trinajstić information content (AvgIpc) is 2.05. The molecule has 0 atom stereocenters. The summed E-state index contributed by atoms with van der Waals surface area (Å²) in [7, 11) is 0. The first kappa shape index (κ1) is 8.60. The van der Waals surface area contributed by atoms with Crippen LogP contribution in [0.3, 0.4) is 0 Å². The number of anilines is 1. The number of halogens is 2. The highest BCUT2D eigenvalue weighted by Gasteiger charge is 2.04. The predicted molar refractivity (Wildman–Crippen MR) is 36.5 cm³/mol. The lowest BCUT2D eigenvalue weighted by Crippen LogP contribution is -2.09. The summed E-state index contributed by atoms with van der Waals surface area (Å²) >= 11 is 0. The lowest BCUT2D eigenvalue weighted by molar-refractivity contribution is -0.0530. The number of rotatable bonds is 3. The molecule has 3 N–H and O–H groups in total.